The van der Waals surface area contributed by atoms with Crippen LogP contribution in [0.2, 0.25) is 0 Å². The van der Waals surface area contributed by atoms with E-state index >= 15 is 0 Å². The smallest absolute Gasteiger partial charge is 0.256 e. The Hall–Kier alpha value is -4.12. The maximum Gasteiger partial charge on any atom is 0.256 e. The minimum atomic E-state index is -0.135. The summed E-state index contributed by atoms with van der Waals surface area (Å²) in [6, 6.07) is 23.0. The molecule has 3 aromatic carbocycles. The largest absolute Gasteiger partial charge is 0.361 e. The molecule has 0 unspecified atom stereocenters. The van der Waals surface area contributed by atoms with Crippen LogP contribution in [-0.2, 0) is 11.3 Å². The molecule has 4 aromatic rings. The number of hydrogen-bond donors (Lipinski definition) is 3. The number of carbonyl (C=O) groups is 2. The fourth-order valence-corrected chi connectivity index (χ4v) is 3.72. The zero-order valence-electron chi connectivity index (χ0n) is 16.1. The van der Waals surface area contributed by atoms with Gasteiger partial charge >= 0.3 is 0 Å². The molecule has 3 N–H and O–H groups in total. The van der Waals surface area contributed by atoms with Crippen LogP contribution in [0.1, 0.15) is 27.0 Å². The van der Waals surface area contributed by atoms with E-state index in [2.05, 4.69) is 15.6 Å². The average molecular weight is 393 g/mol. The van der Waals surface area contributed by atoms with Gasteiger partial charge in [0.1, 0.15) is 0 Å². The van der Waals surface area contributed by atoms with E-state index in [1.54, 1.807) is 6.07 Å². The molecule has 0 spiro atoms. The van der Waals surface area contributed by atoms with Crippen LogP contribution < -0.4 is 10.6 Å². The maximum atomic E-state index is 12.7. The van der Waals surface area contributed by atoms with Crippen LogP contribution in [0.5, 0.6) is 0 Å². The van der Waals surface area contributed by atoms with Gasteiger partial charge in [-0.15, -0.1) is 0 Å². The Morgan fingerprint density at radius 1 is 0.967 bits per heavy atom. The van der Waals surface area contributed by atoms with Crippen LogP contribution in [0, 0.1) is 0 Å². The van der Waals surface area contributed by atoms with E-state index in [1.807, 2.05) is 79.0 Å². The number of para-hydroxylation sites is 1. The molecule has 5 heteroatoms. The highest BCUT2D eigenvalue weighted by Gasteiger charge is 2.23. The Bertz CT molecular complexity index is 1300. The first-order valence-corrected chi connectivity index (χ1v) is 9.75. The van der Waals surface area contributed by atoms with Crippen LogP contribution in [0.3, 0.4) is 0 Å². The Morgan fingerprint density at radius 2 is 1.77 bits per heavy atom. The van der Waals surface area contributed by atoms with Gasteiger partial charge in [-0.05, 0) is 35.9 Å². The van der Waals surface area contributed by atoms with E-state index in [9.17, 15) is 9.59 Å². The molecule has 0 atom stereocenters. The summed E-state index contributed by atoms with van der Waals surface area (Å²) < 4.78 is 0. The number of nitrogens with one attached hydrogen (secondary N) is 3. The minimum absolute atomic E-state index is 0.123. The Balaban J connectivity index is 1.45. The molecule has 0 saturated heterocycles. The van der Waals surface area contributed by atoms with Gasteiger partial charge in [0, 0.05) is 51.6 Å². The van der Waals surface area contributed by atoms with Gasteiger partial charge < -0.3 is 15.6 Å². The minimum Gasteiger partial charge on any atom is -0.361 e. The first kappa shape index (κ1) is 17.9. The lowest BCUT2D eigenvalue weighted by Gasteiger charge is -2.06. The average Bonchev–Trinajstić information content (AvgIpc) is 3.33. The molecule has 1 aromatic heterocycles. The SMILES string of the molecule is O=C1Nc2ccccc2C1=Cc1c[nH]c2ccc(C(=O)NCc3ccccc3)cc12. The van der Waals surface area contributed by atoms with Gasteiger partial charge in [-0.1, -0.05) is 48.5 Å². The van der Waals surface area contributed by atoms with Crippen molar-refractivity contribution in [2.45, 2.75) is 6.54 Å². The van der Waals surface area contributed by atoms with Crippen LogP contribution in [0.4, 0.5) is 5.69 Å². The third-order valence-corrected chi connectivity index (χ3v) is 5.28. The monoisotopic (exact) mass is 393 g/mol. The third kappa shape index (κ3) is 3.26. The number of H-pyrrole nitrogens is 1. The fourth-order valence-electron chi connectivity index (χ4n) is 3.72. The first-order chi connectivity index (χ1) is 14.7. The molecule has 0 fully saturated rings. The summed E-state index contributed by atoms with van der Waals surface area (Å²) in [7, 11) is 0. The Kier molecular flexibility index (Phi) is 4.41. The highest BCUT2D eigenvalue weighted by Crippen LogP contribution is 2.34. The molecule has 0 bridgehead atoms. The van der Waals surface area contributed by atoms with Crippen molar-refractivity contribution in [3.63, 3.8) is 0 Å². The molecule has 5 nitrogen and oxygen atoms in total. The summed E-state index contributed by atoms with van der Waals surface area (Å²) in [6.45, 7) is 0.471. The van der Waals surface area contributed by atoms with Gasteiger partial charge in [-0.3, -0.25) is 9.59 Å². The molecule has 2 heterocycles. The second-order valence-corrected chi connectivity index (χ2v) is 7.23. The van der Waals surface area contributed by atoms with Gasteiger partial charge in [-0.2, -0.15) is 0 Å². The van der Waals surface area contributed by atoms with Crippen LogP contribution in [0.25, 0.3) is 22.6 Å². The summed E-state index contributed by atoms with van der Waals surface area (Å²) in [5.74, 6) is -0.258. The summed E-state index contributed by atoms with van der Waals surface area (Å²) in [4.78, 5) is 28.3. The van der Waals surface area contributed by atoms with Crippen molar-refractivity contribution in [2.75, 3.05) is 5.32 Å². The highest BCUT2D eigenvalue weighted by molar-refractivity contribution is 6.35. The Morgan fingerprint density at radius 3 is 2.63 bits per heavy atom. The zero-order chi connectivity index (χ0) is 20.5. The number of amides is 2. The Labute approximate surface area is 173 Å². The van der Waals surface area contributed by atoms with Crippen molar-refractivity contribution in [3.05, 3.63) is 101 Å². The van der Waals surface area contributed by atoms with Gasteiger partial charge in [0.25, 0.3) is 11.8 Å². The number of hydrogen-bond acceptors (Lipinski definition) is 2. The first-order valence-electron chi connectivity index (χ1n) is 9.75. The molecule has 30 heavy (non-hydrogen) atoms. The number of fused-ring (bicyclic) bond motifs is 2. The molecule has 2 amide bonds. The van der Waals surface area contributed by atoms with Crippen molar-refractivity contribution in [3.8, 4) is 0 Å². The summed E-state index contributed by atoms with van der Waals surface area (Å²) in [5, 5.41) is 6.74. The topological polar surface area (TPSA) is 74.0 Å². The van der Waals surface area contributed by atoms with E-state index in [1.165, 1.54) is 0 Å². The fraction of sp³-hybridized carbons (Fsp3) is 0.0400. The van der Waals surface area contributed by atoms with Crippen LogP contribution in [0.15, 0.2) is 79.0 Å². The van der Waals surface area contributed by atoms with Crippen molar-refractivity contribution >= 4 is 40.1 Å². The number of anilines is 1. The molecule has 1 aliphatic rings. The number of carbonyl (C=O) groups excluding carboxylic acids is 2. The lowest BCUT2D eigenvalue weighted by molar-refractivity contribution is -0.110. The zero-order valence-corrected chi connectivity index (χ0v) is 16.1. The highest BCUT2D eigenvalue weighted by atomic mass is 16.2. The van der Waals surface area contributed by atoms with Gasteiger partial charge in [0.05, 0.1) is 0 Å². The second-order valence-electron chi connectivity index (χ2n) is 7.23. The lowest BCUT2D eigenvalue weighted by Crippen LogP contribution is -2.22. The van der Waals surface area contributed by atoms with E-state index < -0.39 is 0 Å². The molecular weight excluding hydrogens is 374 g/mol. The summed E-state index contributed by atoms with van der Waals surface area (Å²) >= 11 is 0. The van der Waals surface area contributed by atoms with E-state index in [0.717, 1.165) is 33.3 Å². The molecule has 0 aliphatic carbocycles. The number of benzene rings is 3. The van der Waals surface area contributed by atoms with Crippen molar-refractivity contribution in [1.29, 1.82) is 0 Å². The van der Waals surface area contributed by atoms with Crippen molar-refractivity contribution in [1.82, 2.24) is 10.3 Å². The van der Waals surface area contributed by atoms with Gasteiger partial charge in [0.2, 0.25) is 0 Å². The standard InChI is InChI=1S/C25H19N3O2/c29-24(27-14-16-6-2-1-3-7-16)17-10-11-22-20(12-17)18(15-26-22)13-21-19-8-4-5-9-23(19)28-25(21)30/h1-13,15,26H,14H2,(H,27,29)(H,28,30). The predicted octanol–water partition coefficient (Wildman–Crippen LogP) is 4.59. The molecule has 0 radical (unpaired) electrons. The van der Waals surface area contributed by atoms with Gasteiger partial charge in [-0.25, -0.2) is 0 Å². The van der Waals surface area contributed by atoms with E-state index in [4.69, 9.17) is 0 Å². The quantitative estimate of drug-likeness (QED) is 0.444. The molecule has 1 aliphatic heterocycles. The summed E-state index contributed by atoms with van der Waals surface area (Å²) in [6.07, 6.45) is 3.73. The summed E-state index contributed by atoms with van der Waals surface area (Å²) in [5.41, 5.74) is 5.71. The maximum absolute atomic E-state index is 12.7. The normalized spacial score (nSPS) is 14.0. The number of aromatic amines is 1. The lowest BCUT2D eigenvalue weighted by atomic mass is 10.0. The molecule has 0 saturated carbocycles. The second kappa shape index (κ2) is 7.37. The van der Waals surface area contributed by atoms with Crippen LogP contribution in [-0.4, -0.2) is 16.8 Å². The third-order valence-electron chi connectivity index (χ3n) is 5.28. The van der Waals surface area contributed by atoms with E-state index in [0.29, 0.717) is 17.7 Å². The molecular formula is C25H19N3O2. The predicted molar refractivity (Wildman–Crippen MR) is 119 cm³/mol. The van der Waals surface area contributed by atoms with Gasteiger partial charge in [0.15, 0.2) is 0 Å². The van der Waals surface area contributed by atoms with E-state index in [-0.39, 0.29) is 11.8 Å². The molecule has 146 valence electrons. The van der Waals surface area contributed by atoms with Crippen LogP contribution >= 0.6 is 0 Å². The number of aromatic nitrogens is 1. The molecule has 5 rings (SSSR count). The number of rotatable bonds is 4. The van der Waals surface area contributed by atoms with Crippen molar-refractivity contribution in [2.24, 2.45) is 0 Å². The van der Waals surface area contributed by atoms with Crippen molar-refractivity contribution < 1.29 is 9.59 Å².